The first-order valence-electron chi connectivity index (χ1n) is 4.53. The molecule has 0 saturated carbocycles. The summed E-state index contributed by atoms with van der Waals surface area (Å²) in [5.41, 5.74) is 1.77. The molecule has 68 valence electrons. The van der Waals surface area contributed by atoms with Gasteiger partial charge < -0.3 is 0 Å². The van der Waals surface area contributed by atoms with E-state index >= 15 is 0 Å². The highest BCUT2D eigenvalue weighted by Gasteiger charge is 1.97. The van der Waals surface area contributed by atoms with Crippen LogP contribution in [0.15, 0.2) is 65.5 Å². The Balaban J connectivity index is 2.65. The fourth-order valence-electron chi connectivity index (χ4n) is 1.39. The summed E-state index contributed by atoms with van der Waals surface area (Å²) in [5, 5.41) is 0. The van der Waals surface area contributed by atoms with Crippen molar-refractivity contribution in [3.63, 3.8) is 0 Å². The van der Waals surface area contributed by atoms with E-state index in [9.17, 15) is 4.79 Å². The van der Waals surface area contributed by atoms with E-state index in [4.69, 9.17) is 0 Å². The molecule has 1 heteroatoms. The molecule has 0 unspecified atom stereocenters. The lowest BCUT2D eigenvalue weighted by Crippen LogP contribution is -1.97. The van der Waals surface area contributed by atoms with Gasteiger partial charge in [0, 0.05) is 5.56 Å². The summed E-state index contributed by atoms with van der Waals surface area (Å²) in [6.45, 7) is 0. The lowest BCUT2D eigenvalue weighted by Gasteiger charge is -1.95. The van der Waals surface area contributed by atoms with E-state index in [1.165, 1.54) is 0 Å². The van der Waals surface area contributed by atoms with Crippen LogP contribution >= 0.6 is 0 Å². The Hall–Kier alpha value is -1.89. The first-order valence-corrected chi connectivity index (χ1v) is 4.53. The number of hydrogen-bond acceptors (Lipinski definition) is 1. The molecule has 0 saturated heterocycles. The smallest absolute Gasteiger partial charge is 0.186 e. The first-order chi connectivity index (χ1) is 6.88. The van der Waals surface area contributed by atoms with Crippen LogP contribution in [0.4, 0.5) is 0 Å². The van der Waals surface area contributed by atoms with Crippen LogP contribution in [-0.4, -0.2) is 0 Å². The molecule has 2 aromatic rings. The van der Waals surface area contributed by atoms with Gasteiger partial charge in [0.25, 0.3) is 0 Å². The zero-order valence-electron chi connectivity index (χ0n) is 7.68. The van der Waals surface area contributed by atoms with Crippen molar-refractivity contribution in [1.82, 2.24) is 0 Å². The fourth-order valence-corrected chi connectivity index (χ4v) is 1.39. The summed E-state index contributed by atoms with van der Waals surface area (Å²) in [7, 11) is 0. The number of benzene rings is 1. The lowest BCUT2D eigenvalue weighted by molar-refractivity contribution is 1.59. The predicted molar refractivity (Wildman–Crippen MR) is 58.1 cm³/mol. The Labute approximate surface area is 82.7 Å². The van der Waals surface area contributed by atoms with Crippen molar-refractivity contribution >= 4 is 0 Å². The van der Waals surface area contributed by atoms with Gasteiger partial charge in [-0.25, -0.2) is 0 Å². The third-order valence-electron chi connectivity index (χ3n) is 2.08. The average Bonchev–Trinajstić information content (AvgIpc) is 2.44. The molecule has 0 bridgehead atoms. The monoisotopic (exact) mass is 182 g/mol. The maximum Gasteiger partial charge on any atom is 0.186 e. The van der Waals surface area contributed by atoms with Crippen molar-refractivity contribution in [3.8, 4) is 11.1 Å². The Morgan fingerprint density at radius 1 is 0.643 bits per heavy atom. The summed E-state index contributed by atoms with van der Waals surface area (Å²) in [5.74, 6) is 0. The van der Waals surface area contributed by atoms with Gasteiger partial charge in [0.05, 0.1) is 0 Å². The molecule has 0 aliphatic heterocycles. The molecule has 0 N–H and O–H groups in total. The zero-order valence-corrected chi connectivity index (χ0v) is 7.68. The second-order valence-electron chi connectivity index (χ2n) is 3.05. The maximum atomic E-state index is 11.6. The molecule has 14 heavy (non-hydrogen) atoms. The number of hydrogen-bond donors (Lipinski definition) is 0. The largest absolute Gasteiger partial charge is 0.289 e. The standard InChI is InChI=1S/C13H10O/c14-13-10-6-2-5-9-12(13)11-7-3-1-4-8-11/h1-10H. The van der Waals surface area contributed by atoms with Crippen LogP contribution < -0.4 is 5.43 Å². The predicted octanol–water partition coefficient (Wildman–Crippen LogP) is 2.71. The summed E-state index contributed by atoms with van der Waals surface area (Å²) in [6.07, 6.45) is 0. The Morgan fingerprint density at radius 3 is 1.93 bits per heavy atom. The normalized spacial score (nSPS) is 9.71. The molecular formula is C13H10O. The van der Waals surface area contributed by atoms with Gasteiger partial charge in [-0.1, -0.05) is 54.6 Å². The molecule has 0 radical (unpaired) electrons. The van der Waals surface area contributed by atoms with Crippen molar-refractivity contribution in [2.45, 2.75) is 0 Å². The van der Waals surface area contributed by atoms with Crippen LogP contribution in [0.25, 0.3) is 11.1 Å². The summed E-state index contributed by atoms with van der Waals surface area (Å²) in [4.78, 5) is 11.6. The minimum atomic E-state index is 0.0567. The summed E-state index contributed by atoms with van der Waals surface area (Å²) in [6, 6.07) is 18.6. The molecule has 0 fully saturated rings. The minimum absolute atomic E-state index is 0.0567. The Kier molecular flexibility index (Phi) is 2.41. The van der Waals surface area contributed by atoms with Crippen LogP contribution in [0.5, 0.6) is 0 Å². The van der Waals surface area contributed by atoms with Gasteiger partial charge in [-0.05, 0) is 11.6 Å². The van der Waals surface area contributed by atoms with E-state index in [1.54, 1.807) is 12.1 Å². The highest BCUT2D eigenvalue weighted by atomic mass is 16.1. The van der Waals surface area contributed by atoms with Crippen molar-refractivity contribution in [1.29, 1.82) is 0 Å². The first kappa shape index (κ1) is 8.70. The van der Waals surface area contributed by atoms with Gasteiger partial charge in [0.15, 0.2) is 5.43 Å². The quantitative estimate of drug-likeness (QED) is 0.662. The average molecular weight is 182 g/mol. The van der Waals surface area contributed by atoms with Crippen molar-refractivity contribution in [3.05, 3.63) is 70.9 Å². The van der Waals surface area contributed by atoms with E-state index < -0.39 is 0 Å². The third-order valence-corrected chi connectivity index (χ3v) is 2.08. The minimum Gasteiger partial charge on any atom is -0.289 e. The SMILES string of the molecule is O=c1cccccc1-c1ccccc1. The zero-order chi connectivity index (χ0) is 9.80. The van der Waals surface area contributed by atoms with Crippen LogP contribution in [0.3, 0.4) is 0 Å². The molecule has 2 aromatic carbocycles. The van der Waals surface area contributed by atoms with Crippen molar-refractivity contribution in [2.75, 3.05) is 0 Å². The molecule has 0 aromatic heterocycles. The third kappa shape index (κ3) is 1.72. The van der Waals surface area contributed by atoms with E-state index in [0.29, 0.717) is 0 Å². The summed E-state index contributed by atoms with van der Waals surface area (Å²) < 4.78 is 0. The second-order valence-corrected chi connectivity index (χ2v) is 3.05. The number of rotatable bonds is 1. The molecule has 1 nitrogen and oxygen atoms in total. The van der Waals surface area contributed by atoms with Crippen LogP contribution in [0.1, 0.15) is 0 Å². The van der Waals surface area contributed by atoms with Gasteiger partial charge in [-0.15, -0.1) is 0 Å². The Morgan fingerprint density at radius 2 is 1.21 bits per heavy atom. The molecule has 0 atom stereocenters. The molecule has 2 rings (SSSR count). The Bertz CT molecular complexity index is 474. The molecule has 0 aliphatic carbocycles. The van der Waals surface area contributed by atoms with Crippen molar-refractivity contribution in [2.24, 2.45) is 0 Å². The van der Waals surface area contributed by atoms with E-state index in [2.05, 4.69) is 0 Å². The fraction of sp³-hybridized carbons (Fsp3) is 0. The van der Waals surface area contributed by atoms with Crippen LogP contribution in [0.2, 0.25) is 0 Å². The van der Waals surface area contributed by atoms with Gasteiger partial charge in [0.2, 0.25) is 0 Å². The molecule has 0 heterocycles. The lowest BCUT2D eigenvalue weighted by atomic mass is 10.1. The van der Waals surface area contributed by atoms with E-state index in [-0.39, 0.29) is 5.43 Å². The van der Waals surface area contributed by atoms with Crippen molar-refractivity contribution < 1.29 is 0 Å². The molecule has 0 amide bonds. The van der Waals surface area contributed by atoms with Gasteiger partial charge in [0.1, 0.15) is 0 Å². The van der Waals surface area contributed by atoms with Crippen LogP contribution in [-0.2, 0) is 0 Å². The van der Waals surface area contributed by atoms with Gasteiger partial charge in [-0.3, -0.25) is 4.79 Å². The van der Waals surface area contributed by atoms with Gasteiger partial charge >= 0.3 is 0 Å². The second kappa shape index (κ2) is 3.88. The molecule has 0 spiro atoms. The highest BCUT2D eigenvalue weighted by Crippen LogP contribution is 2.12. The molecule has 0 aliphatic rings. The molecular weight excluding hydrogens is 172 g/mol. The van der Waals surface area contributed by atoms with E-state index in [0.717, 1.165) is 11.1 Å². The highest BCUT2D eigenvalue weighted by molar-refractivity contribution is 5.62. The summed E-state index contributed by atoms with van der Waals surface area (Å²) >= 11 is 0. The van der Waals surface area contributed by atoms with Gasteiger partial charge in [-0.2, -0.15) is 0 Å². The maximum absolute atomic E-state index is 11.6. The van der Waals surface area contributed by atoms with E-state index in [1.807, 2.05) is 48.5 Å². The van der Waals surface area contributed by atoms with Crippen LogP contribution in [0, 0.1) is 0 Å². The topological polar surface area (TPSA) is 17.1 Å².